The van der Waals surface area contributed by atoms with Gasteiger partial charge < -0.3 is 5.73 Å². The molecule has 1 heterocycles. The number of aromatic nitrogens is 2. The molecule has 22 heavy (non-hydrogen) atoms. The van der Waals surface area contributed by atoms with E-state index in [-0.39, 0.29) is 5.56 Å². The second-order valence-electron chi connectivity index (χ2n) is 5.07. The fourth-order valence-corrected chi connectivity index (χ4v) is 2.42. The summed E-state index contributed by atoms with van der Waals surface area (Å²) >= 11 is 0. The Morgan fingerprint density at radius 1 is 1.09 bits per heavy atom. The molecule has 0 aliphatic rings. The van der Waals surface area contributed by atoms with Crippen LogP contribution in [-0.4, -0.2) is 15.5 Å². The lowest BCUT2D eigenvalue weighted by atomic mass is 10.1. The normalized spacial score (nSPS) is 12.2. The molecule has 0 bridgehead atoms. The van der Waals surface area contributed by atoms with Crippen LogP contribution in [0, 0.1) is 0 Å². The number of para-hydroxylation sites is 1. The number of benzene rings is 2. The molecule has 2 N–H and O–H groups in total. The van der Waals surface area contributed by atoms with Gasteiger partial charge in [-0.15, -0.1) is 0 Å². The van der Waals surface area contributed by atoms with Gasteiger partial charge in [0.15, 0.2) is 0 Å². The van der Waals surface area contributed by atoms with Crippen molar-refractivity contribution < 1.29 is 4.79 Å². The molecule has 1 atom stereocenters. The van der Waals surface area contributed by atoms with E-state index in [0.717, 1.165) is 5.56 Å². The predicted molar refractivity (Wildman–Crippen MR) is 85.3 cm³/mol. The summed E-state index contributed by atoms with van der Waals surface area (Å²) in [5.41, 5.74) is 6.49. The Kier molecular flexibility index (Phi) is 3.47. The summed E-state index contributed by atoms with van der Waals surface area (Å²) in [4.78, 5) is 29.0. The topological polar surface area (TPSA) is 78.0 Å². The number of nitrogens with zero attached hydrogens (tertiary/aromatic N) is 2. The molecule has 3 rings (SSSR count). The molecule has 1 amide bonds. The van der Waals surface area contributed by atoms with Crippen LogP contribution >= 0.6 is 0 Å². The minimum absolute atomic E-state index is 0.268. The molecule has 0 fully saturated rings. The third-order valence-electron chi connectivity index (χ3n) is 3.64. The maximum atomic E-state index is 12.8. The van der Waals surface area contributed by atoms with E-state index < -0.39 is 11.9 Å². The summed E-state index contributed by atoms with van der Waals surface area (Å²) in [7, 11) is 0. The smallest absolute Gasteiger partial charge is 0.262 e. The molecule has 0 radical (unpaired) electrons. The first-order chi connectivity index (χ1) is 10.6. The summed E-state index contributed by atoms with van der Waals surface area (Å²) in [6, 6.07) is 15.6. The third-order valence-corrected chi connectivity index (χ3v) is 3.64. The SMILES string of the molecule is CC(C(N)=O)n1c(-c2ccccc2)nc2ccccc2c1=O. The van der Waals surface area contributed by atoms with Gasteiger partial charge in [0.1, 0.15) is 11.9 Å². The van der Waals surface area contributed by atoms with Crippen molar-refractivity contribution in [2.75, 3.05) is 0 Å². The highest BCUT2D eigenvalue weighted by Gasteiger charge is 2.20. The Labute approximate surface area is 127 Å². The predicted octanol–water partition coefficient (Wildman–Crippen LogP) is 2.11. The highest BCUT2D eigenvalue weighted by Crippen LogP contribution is 2.21. The number of carbonyl (C=O) groups excluding carboxylic acids is 1. The van der Waals surface area contributed by atoms with E-state index in [0.29, 0.717) is 16.7 Å². The van der Waals surface area contributed by atoms with Crippen LogP contribution in [0.2, 0.25) is 0 Å². The summed E-state index contributed by atoms with van der Waals surface area (Å²) in [6.07, 6.45) is 0. The van der Waals surface area contributed by atoms with E-state index in [1.54, 1.807) is 25.1 Å². The zero-order valence-electron chi connectivity index (χ0n) is 12.1. The van der Waals surface area contributed by atoms with E-state index in [1.165, 1.54) is 4.57 Å². The van der Waals surface area contributed by atoms with Gasteiger partial charge in [-0.3, -0.25) is 14.2 Å². The molecule has 110 valence electrons. The van der Waals surface area contributed by atoms with Gasteiger partial charge in [0.2, 0.25) is 5.91 Å². The van der Waals surface area contributed by atoms with Crippen molar-refractivity contribution in [3.05, 3.63) is 65.0 Å². The summed E-state index contributed by atoms with van der Waals surface area (Å²) in [5.74, 6) is -0.132. The molecule has 0 saturated heterocycles. The molecule has 3 aromatic rings. The largest absolute Gasteiger partial charge is 0.368 e. The highest BCUT2D eigenvalue weighted by molar-refractivity contribution is 5.82. The van der Waals surface area contributed by atoms with Crippen LogP contribution in [0.1, 0.15) is 13.0 Å². The molecular formula is C17H15N3O2. The highest BCUT2D eigenvalue weighted by atomic mass is 16.2. The van der Waals surface area contributed by atoms with Crippen molar-refractivity contribution in [2.24, 2.45) is 5.73 Å². The lowest BCUT2D eigenvalue weighted by Gasteiger charge is -2.17. The molecular weight excluding hydrogens is 278 g/mol. The van der Waals surface area contributed by atoms with Gasteiger partial charge >= 0.3 is 0 Å². The van der Waals surface area contributed by atoms with Crippen LogP contribution in [0.4, 0.5) is 0 Å². The standard InChI is InChI=1S/C17H15N3O2/c1-11(15(18)21)20-16(12-7-3-2-4-8-12)19-14-10-6-5-9-13(14)17(20)22/h2-11H,1H3,(H2,18,21). The van der Waals surface area contributed by atoms with Crippen LogP contribution in [0.25, 0.3) is 22.3 Å². The van der Waals surface area contributed by atoms with Gasteiger partial charge in [0, 0.05) is 5.56 Å². The zero-order chi connectivity index (χ0) is 15.7. The fourth-order valence-electron chi connectivity index (χ4n) is 2.42. The van der Waals surface area contributed by atoms with Crippen LogP contribution in [-0.2, 0) is 4.79 Å². The third kappa shape index (κ3) is 2.26. The van der Waals surface area contributed by atoms with Crippen LogP contribution in [0.5, 0.6) is 0 Å². The Bertz CT molecular complexity index is 901. The molecule has 2 aromatic carbocycles. The molecule has 1 aromatic heterocycles. The first-order valence-corrected chi connectivity index (χ1v) is 6.95. The van der Waals surface area contributed by atoms with Gasteiger partial charge in [-0.25, -0.2) is 4.98 Å². The fraction of sp³-hybridized carbons (Fsp3) is 0.118. The quantitative estimate of drug-likeness (QED) is 0.803. The lowest BCUT2D eigenvalue weighted by Crippen LogP contribution is -2.33. The van der Waals surface area contributed by atoms with Gasteiger partial charge in [-0.2, -0.15) is 0 Å². The molecule has 0 aliphatic heterocycles. The molecule has 0 saturated carbocycles. The Morgan fingerprint density at radius 3 is 2.41 bits per heavy atom. The number of hydrogen-bond acceptors (Lipinski definition) is 3. The van der Waals surface area contributed by atoms with Crippen LogP contribution in [0.3, 0.4) is 0 Å². The molecule has 0 spiro atoms. The van der Waals surface area contributed by atoms with Crippen molar-refractivity contribution in [1.29, 1.82) is 0 Å². The molecule has 5 nitrogen and oxygen atoms in total. The molecule has 1 unspecified atom stereocenters. The zero-order valence-corrected chi connectivity index (χ0v) is 12.1. The first kappa shape index (κ1) is 14.0. The Morgan fingerprint density at radius 2 is 1.73 bits per heavy atom. The number of primary amides is 1. The maximum Gasteiger partial charge on any atom is 0.262 e. The average molecular weight is 293 g/mol. The van der Waals surface area contributed by atoms with E-state index >= 15 is 0 Å². The van der Waals surface area contributed by atoms with Gasteiger partial charge in [-0.1, -0.05) is 42.5 Å². The minimum Gasteiger partial charge on any atom is -0.368 e. The average Bonchev–Trinajstić information content (AvgIpc) is 2.55. The summed E-state index contributed by atoms with van der Waals surface area (Å²) < 4.78 is 1.36. The number of carbonyl (C=O) groups is 1. The van der Waals surface area contributed by atoms with Crippen molar-refractivity contribution in [1.82, 2.24) is 9.55 Å². The second kappa shape index (κ2) is 5.44. The second-order valence-corrected chi connectivity index (χ2v) is 5.07. The lowest BCUT2D eigenvalue weighted by molar-refractivity contribution is -0.120. The van der Waals surface area contributed by atoms with E-state index in [9.17, 15) is 9.59 Å². The van der Waals surface area contributed by atoms with Crippen LogP contribution < -0.4 is 11.3 Å². The first-order valence-electron chi connectivity index (χ1n) is 6.95. The molecule has 0 aliphatic carbocycles. The minimum atomic E-state index is -0.778. The van der Waals surface area contributed by atoms with Crippen molar-refractivity contribution in [3.8, 4) is 11.4 Å². The van der Waals surface area contributed by atoms with Gasteiger partial charge in [-0.05, 0) is 19.1 Å². The van der Waals surface area contributed by atoms with Gasteiger partial charge in [0.05, 0.1) is 10.9 Å². The van der Waals surface area contributed by atoms with Gasteiger partial charge in [0.25, 0.3) is 5.56 Å². The number of hydrogen-bond donors (Lipinski definition) is 1. The monoisotopic (exact) mass is 293 g/mol. The summed E-state index contributed by atoms with van der Waals surface area (Å²) in [6.45, 7) is 1.60. The van der Waals surface area contributed by atoms with Crippen molar-refractivity contribution in [3.63, 3.8) is 0 Å². The molecule has 5 heteroatoms. The van der Waals surface area contributed by atoms with E-state index in [2.05, 4.69) is 4.98 Å². The van der Waals surface area contributed by atoms with Crippen molar-refractivity contribution in [2.45, 2.75) is 13.0 Å². The summed E-state index contributed by atoms with van der Waals surface area (Å²) in [5, 5.41) is 0.468. The van der Waals surface area contributed by atoms with Crippen LogP contribution in [0.15, 0.2) is 59.4 Å². The van der Waals surface area contributed by atoms with Crippen molar-refractivity contribution >= 4 is 16.8 Å². The number of amides is 1. The maximum absolute atomic E-state index is 12.8. The Balaban J connectivity index is 2.41. The van der Waals surface area contributed by atoms with E-state index in [4.69, 9.17) is 5.73 Å². The van der Waals surface area contributed by atoms with E-state index in [1.807, 2.05) is 36.4 Å². The Hall–Kier alpha value is -2.95. The number of nitrogens with two attached hydrogens (primary N) is 1. The number of rotatable bonds is 3. The number of fused-ring (bicyclic) bond motifs is 1.